The van der Waals surface area contributed by atoms with Crippen LogP contribution in [0.1, 0.15) is 25.3 Å². The largest absolute Gasteiger partial charge is 0.493 e. The van der Waals surface area contributed by atoms with E-state index >= 15 is 0 Å². The topological polar surface area (TPSA) is 114 Å². The number of nitrogens with two attached hydrogens (primary N) is 1. The van der Waals surface area contributed by atoms with Gasteiger partial charge in [-0.3, -0.25) is 9.79 Å². The summed E-state index contributed by atoms with van der Waals surface area (Å²) in [6.45, 7) is 2.06. The average molecular weight is 333 g/mol. The zero-order valence-electron chi connectivity index (χ0n) is 13.9. The van der Waals surface area contributed by atoms with Crippen molar-refractivity contribution in [3.63, 3.8) is 0 Å². The van der Waals surface area contributed by atoms with Crippen LogP contribution in [0.3, 0.4) is 0 Å². The second kappa shape index (κ2) is 7.92. The Hall–Kier alpha value is -2.41. The van der Waals surface area contributed by atoms with E-state index in [0.717, 1.165) is 0 Å². The Labute approximate surface area is 140 Å². The van der Waals surface area contributed by atoms with Crippen molar-refractivity contribution >= 4 is 23.6 Å². The van der Waals surface area contributed by atoms with Crippen LogP contribution < -0.4 is 15.8 Å². The number of hydrogen-bond donors (Lipinski definition) is 3. The Kier molecular flexibility index (Phi) is 5.92. The van der Waals surface area contributed by atoms with Gasteiger partial charge in [-0.05, 0) is 43.9 Å². The molecular weight excluding hydrogens is 310 g/mol. The lowest BCUT2D eigenvalue weighted by atomic mass is 10.1. The number of nitrogens with one attached hydrogen (secondary N) is 1. The maximum Gasteiger partial charge on any atom is 0.270 e. The molecule has 2 rings (SSSR count). The predicted molar refractivity (Wildman–Crippen MR) is 91.2 cm³/mol. The summed E-state index contributed by atoms with van der Waals surface area (Å²) in [6.07, 6.45) is 1.83. The fraction of sp³-hybridized carbons (Fsp3) is 0.471. The van der Waals surface area contributed by atoms with Gasteiger partial charge in [0.1, 0.15) is 23.8 Å². The average Bonchev–Trinajstić information content (AvgIpc) is 3.37. The van der Waals surface area contributed by atoms with E-state index in [-0.39, 0.29) is 5.71 Å². The van der Waals surface area contributed by atoms with Crippen LogP contribution in [0.15, 0.2) is 23.2 Å². The maximum absolute atomic E-state index is 12.4. The van der Waals surface area contributed by atoms with Gasteiger partial charge in [0.05, 0.1) is 12.7 Å². The summed E-state index contributed by atoms with van der Waals surface area (Å²) in [5.41, 5.74) is 6.85. The minimum absolute atomic E-state index is 0.0804. The van der Waals surface area contributed by atoms with Crippen molar-refractivity contribution in [2.45, 2.75) is 31.9 Å². The Bertz CT molecular complexity index is 639. The first-order valence-corrected chi connectivity index (χ1v) is 7.90. The van der Waals surface area contributed by atoms with E-state index in [9.17, 15) is 14.7 Å². The van der Waals surface area contributed by atoms with Crippen LogP contribution in [0, 0.1) is 5.92 Å². The summed E-state index contributed by atoms with van der Waals surface area (Å²) in [7, 11) is 1.46. The van der Waals surface area contributed by atoms with Crippen molar-refractivity contribution in [1.82, 2.24) is 5.32 Å². The number of benzene rings is 1. The van der Waals surface area contributed by atoms with E-state index in [1.54, 1.807) is 18.2 Å². The van der Waals surface area contributed by atoms with Crippen molar-refractivity contribution in [3.05, 3.63) is 23.8 Å². The lowest BCUT2D eigenvalue weighted by Gasteiger charge is -2.17. The highest BCUT2D eigenvalue weighted by Crippen LogP contribution is 2.30. The summed E-state index contributed by atoms with van der Waals surface area (Å²) in [6, 6.07) is 4.06. The standard InChI is InChI=1S/C17H23N3O4/c1-10(22)15(8-21)20-17(23)16(19-2)13-7-12(5-6-14(13)18)24-9-11-3-4-11/h5-8,10-11,15,22H,3-4,9,18H2,1-2H3,(H,20,23). The number of aliphatic imine (C=N–C) groups is 1. The maximum atomic E-state index is 12.4. The van der Waals surface area contributed by atoms with Gasteiger partial charge in [0.15, 0.2) is 0 Å². The fourth-order valence-electron chi connectivity index (χ4n) is 2.16. The van der Waals surface area contributed by atoms with Gasteiger partial charge in [-0.1, -0.05) is 0 Å². The smallest absolute Gasteiger partial charge is 0.270 e. The van der Waals surface area contributed by atoms with E-state index in [1.807, 2.05) is 0 Å². The second-order valence-electron chi connectivity index (χ2n) is 5.95. The van der Waals surface area contributed by atoms with Gasteiger partial charge in [0, 0.05) is 18.3 Å². The molecule has 7 nitrogen and oxygen atoms in total. The van der Waals surface area contributed by atoms with Crippen LogP contribution in [-0.4, -0.2) is 48.8 Å². The SMILES string of the molecule is CN=C(C(=O)NC(C=O)C(C)O)c1cc(OCC2CC2)ccc1N. The molecule has 7 heteroatoms. The van der Waals surface area contributed by atoms with Gasteiger partial charge in [-0.2, -0.15) is 0 Å². The molecule has 2 atom stereocenters. The minimum Gasteiger partial charge on any atom is -0.493 e. The molecule has 1 aromatic carbocycles. The number of carbonyl (C=O) groups excluding carboxylic acids is 2. The van der Waals surface area contributed by atoms with Gasteiger partial charge < -0.3 is 25.7 Å². The van der Waals surface area contributed by atoms with E-state index in [0.29, 0.717) is 35.8 Å². The molecule has 1 aromatic rings. The molecule has 1 aliphatic carbocycles. The van der Waals surface area contributed by atoms with E-state index in [4.69, 9.17) is 10.5 Å². The number of carbonyl (C=O) groups is 2. The summed E-state index contributed by atoms with van der Waals surface area (Å²) < 4.78 is 5.70. The first-order chi connectivity index (χ1) is 11.5. The van der Waals surface area contributed by atoms with Gasteiger partial charge >= 0.3 is 0 Å². The Balaban J connectivity index is 2.17. The lowest BCUT2D eigenvalue weighted by molar-refractivity contribution is -0.120. The predicted octanol–water partition coefficient (Wildman–Crippen LogP) is 0.541. The summed E-state index contributed by atoms with van der Waals surface area (Å²) in [5.74, 6) is 0.636. The lowest BCUT2D eigenvalue weighted by Crippen LogP contribution is -2.46. The zero-order valence-corrected chi connectivity index (χ0v) is 13.9. The fourth-order valence-corrected chi connectivity index (χ4v) is 2.16. The number of rotatable bonds is 8. The number of aliphatic hydroxyl groups excluding tert-OH is 1. The molecule has 0 aliphatic heterocycles. The first-order valence-electron chi connectivity index (χ1n) is 7.90. The van der Waals surface area contributed by atoms with Crippen LogP contribution >= 0.6 is 0 Å². The molecule has 2 unspecified atom stereocenters. The quantitative estimate of drug-likeness (QED) is 0.365. The third-order valence-electron chi connectivity index (χ3n) is 3.87. The molecule has 0 spiro atoms. The Morgan fingerprint density at radius 3 is 2.79 bits per heavy atom. The highest BCUT2D eigenvalue weighted by Gasteiger charge is 2.24. The van der Waals surface area contributed by atoms with Gasteiger partial charge in [0.2, 0.25) is 0 Å². The van der Waals surface area contributed by atoms with Gasteiger partial charge in [-0.15, -0.1) is 0 Å². The molecule has 0 bridgehead atoms. The molecule has 0 radical (unpaired) electrons. The van der Waals surface area contributed by atoms with Crippen LogP contribution in [0.5, 0.6) is 5.75 Å². The van der Waals surface area contributed by atoms with E-state index in [2.05, 4.69) is 10.3 Å². The highest BCUT2D eigenvalue weighted by atomic mass is 16.5. The molecule has 1 aliphatic rings. The first kappa shape index (κ1) is 17.9. The molecule has 0 aromatic heterocycles. The monoisotopic (exact) mass is 333 g/mol. The van der Waals surface area contributed by atoms with E-state index < -0.39 is 18.1 Å². The molecule has 24 heavy (non-hydrogen) atoms. The number of aliphatic hydroxyl groups is 1. The van der Waals surface area contributed by atoms with Crippen molar-refractivity contribution in [2.24, 2.45) is 10.9 Å². The van der Waals surface area contributed by atoms with Crippen LogP contribution in [0.2, 0.25) is 0 Å². The Morgan fingerprint density at radius 1 is 1.54 bits per heavy atom. The molecule has 1 amide bonds. The minimum atomic E-state index is -1.01. The van der Waals surface area contributed by atoms with Gasteiger partial charge in [-0.25, -0.2) is 0 Å². The molecule has 130 valence electrons. The summed E-state index contributed by atoms with van der Waals surface area (Å²) >= 11 is 0. The van der Waals surface area contributed by atoms with Gasteiger partial charge in [0.25, 0.3) is 5.91 Å². The second-order valence-corrected chi connectivity index (χ2v) is 5.95. The third kappa shape index (κ3) is 4.55. The van der Waals surface area contributed by atoms with Crippen LogP contribution in [-0.2, 0) is 9.59 Å². The number of aldehydes is 1. The molecule has 0 saturated heterocycles. The van der Waals surface area contributed by atoms with Crippen LogP contribution in [0.25, 0.3) is 0 Å². The Morgan fingerprint density at radius 2 is 2.25 bits per heavy atom. The number of nitrogen functional groups attached to an aromatic ring is 1. The normalized spacial score (nSPS) is 17.0. The number of nitrogens with zero attached hydrogens (tertiary/aromatic N) is 1. The third-order valence-corrected chi connectivity index (χ3v) is 3.87. The highest BCUT2D eigenvalue weighted by molar-refractivity contribution is 6.46. The molecule has 1 fully saturated rings. The van der Waals surface area contributed by atoms with Crippen LogP contribution in [0.4, 0.5) is 5.69 Å². The van der Waals surface area contributed by atoms with E-state index in [1.165, 1.54) is 26.8 Å². The number of anilines is 1. The molecule has 4 N–H and O–H groups in total. The number of ether oxygens (including phenoxy) is 1. The number of amides is 1. The van der Waals surface area contributed by atoms with Crippen molar-refractivity contribution in [2.75, 3.05) is 19.4 Å². The molecule has 1 saturated carbocycles. The zero-order chi connectivity index (χ0) is 17.7. The van der Waals surface area contributed by atoms with Crippen molar-refractivity contribution in [3.8, 4) is 5.75 Å². The summed E-state index contributed by atoms with van der Waals surface area (Å²) in [5, 5.41) is 11.9. The van der Waals surface area contributed by atoms with Crippen molar-refractivity contribution < 1.29 is 19.4 Å². The number of hydrogen-bond acceptors (Lipinski definition) is 6. The molecular formula is C17H23N3O4. The summed E-state index contributed by atoms with van der Waals surface area (Å²) in [4.78, 5) is 27.3. The van der Waals surface area contributed by atoms with Crippen molar-refractivity contribution in [1.29, 1.82) is 0 Å². The molecule has 0 heterocycles.